The maximum Gasteiger partial charge on any atom is 0.321 e. The van der Waals surface area contributed by atoms with Crippen LogP contribution in [0.3, 0.4) is 0 Å². The van der Waals surface area contributed by atoms with Gasteiger partial charge in [-0.15, -0.1) is 0 Å². The fourth-order valence-corrected chi connectivity index (χ4v) is 3.65. The molecular weight excluding hydrogens is 385 g/mol. The van der Waals surface area contributed by atoms with E-state index in [2.05, 4.69) is 29.4 Å². The molecule has 0 bridgehead atoms. The van der Waals surface area contributed by atoms with Gasteiger partial charge in [0, 0.05) is 57.5 Å². The van der Waals surface area contributed by atoms with E-state index >= 15 is 0 Å². The Morgan fingerprint density at radius 3 is 2.50 bits per heavy atom. The first-order valence-electron chi connectivity index (χ1n) is 9.62. The third-order valence-electron chi connectivity index (χ3n) is 5.28. The molecule has 3 amide bonds. The average molecular weight is 412 g/mol. The summed E-state index contributed by atoms with van der Waals surface area (Å²) in [5.41, 5.74) is 0.352. The molecule has 2 saturated heterocycles. The first kappa shape index (κ1) is 20.8. The molecule has 1 aromatic rings. The lowest BCUT2D eigenvalue weighted by Gasteiger charge is -2.40. The fraction of sp³-hybridized carbons (Fsp3) is 0.579. The average Bonchev–Trinajstić information content (AvgIpc) is 2.70. The van der Waals surface area contributed by atoms with Gasteiger partial charge < -0.3 is 20.4 Å². The first-order valence-corrected chi connectivity index (χ1v) is 10.00. The van der Waals surface area contributed by atoms with Crippen LogP contribution in [0.2, 0.25) is 5.02 Å². The molecule has 0 aromatic heterocycles. The zero-order valence-corrected chi connectivity index (χ0v) is 17.0. The SMILES string of the molecule is CC(C)N1CCNC(C(=O)N2CCN(C(=O)Nc3ccc(Cl)c(F)c3)CC2)C1. The topological polar surface area (TPSA) is 67.9 Å². The van der Waals surface area contributed by atoms with Gasteiger partial charge in [-0.25, -0.2) is 9.18 Å². The molecule has 2 fully saturated rings. The normalized spacial score (nSPS) is 21.1. The fourth-order valence-electron chi connectivity index (χ4n) is 3.53. The highest BCUT2D eigenvalue weighted by Crippen LogP contribution is 2.19. The molecule has 2 aliphatic rings. The van der Waals surface area contributed by atoms with E-state index < -0.39 is 5.82 Å². The summed E-state index contributed by atoms with van der Waals surface area (Å²) < 4.78 is 13.5. The Morgan fingerprint density at radius 2 is 1.86 bits per heavy atom. The van der Waals surface area contributed by atoms with Crippen molar-refractivity contribution in [2.75, 3.05) is 51.1 Å². The van der Waals surface area contributed by atoms with Gasteiger partial charge in [0.25, 0.3) is 0 Å². The van der Waals surface area contributed by atoms with Crippen LogP contribution in [0, 0.1) is 5.82 Å². The van der Waals surface area contributed by atoms with Crippen molar-refractivity contribution in [3.63, 3.8) is 0 Å². The molecule has 28 heavy (non-hydrogen) atoms. The van der Waals surface area contributed by atoms with Crippen molar-refractivity contribution >= 4 is 29.2 Å². The smallest absolute Gasteiger partial charge is 0.321 e. The van der Waals surface area contributed by atoms with Crippen molar-refractivity contribution in [1.29, 1.82) is 0 Å². The third kappa shape index (κ3) is 4.92. The van der Waals surface area contributed by atoms with Crippen molar-refractivity contribution in [2.24, 2.45) is 0 Å². The zero-order valence-electron chi connectivity index (χ0n) is 16.3. The molecule has 3 rings (SSSR count). The van der Waals surface area contributed by atoms with Gasteiger partial charge in [-0.1, -0.05) is 11.6 Å². The van der Waals surface area contributed by atoms with Crippen molar-refractivity contribution in [1.82, 2.24) is 20.0 Å². The molecule has 1 aromatic carbocycles. The zero-order chi connectivity index (χ0) is 20.3. The number of hydrogen-bond acceptors (Lipinski definition) is 4. The Balaban J connectivity index is 1.50. The predicted octanol–water partition coefficient (Wildman–Crippen LogP) is 1.84. The summed E-state index contributed by atoms with van der Waals surface area (Å²) in [5, 5.41) is 5.99. The highest BCUT2D eigenvalue weighted by atomic mass is 35.5. The minimum Gasteiger partial charge on any atom is -0.338 e. The van der Waals surface area contributed by atoms with E-state index in [1.54, 1.807) is 11.0 Å². The van der Waals surface area contributed by atoms with E-state index in [1.165, 1.54) is 12.1 Å². The van der Waals surface area contributed by atoms with E-state index in [1.807, 2.05) is 4.90 Å². The minimum atomic E-state index is -0.578. The summed E-state index contributed by atoms with van der Waals surface area (Å²) in [6.45, 7) is 8.58. The summed E-state index contributed by atoms with van der Waals surface area (Å²) in [7, 11) is 0. The molecule has 2 aliphatic heterocycles. The van der Waals surface area contributed by atoms with Gasteiger partial charge in [-0.3, -0.25) is 9.69 Å². The molecular formula is C19H27ClFN5O2. The van der Waals surface area contributed by atoms with Crippen molar-refractivity contribution < 1.29 is 14.0 Å². The summed E-state index contributed by atoms with van der Waals surface area (Å²) in [6.07, 6.45) is 0. The first-order chi connectivity index (χ1) is 13.3. The molecule has 0 aliphatic carbocycles. The molecule has 9 heteroatoms. The van der Waals surface area contributed by atoms with Crippen LogP contribution in [0.4, 0.5) is 14.9 Å². The highest BCUT2D eigenvalue weighted by molar-refractivity contribution is 6.30. The van der Waals surface area contributed by atoms with Gasteiger partial charge >= 0.3 is 6.03 Å². The van der Waals surface area contributed by atoms with Crippen LogP contribution in [0.5, 0.6) is 0 Å². The number of benzene rings is 1. The lowest BCUT2D eigenvalue weighted by Crippen LogP contribution is -2.61. The second-order valence-electron chi connectivity index (χ2n) is 7.47. The molecule has 1 unspecified atom stereocenters. The standard InChI is InChI=1S/C19H27ClFN5O2/c1-13(2)26-6-5-22-17(12-26)18(27)24-7-9-25(10-8-24)19(28)23-14-3-4-15(20)16(21)11-14/h3-4,11,13,17,22H,5-10,12H2,1-2H3,(H,23,28). The van der Waals surface area contributed by atoms with Gasteiger partial charge in [-0.2, -0.15) is 0 Å². The maximum absolute atomic E-state index is 13.5. The molecule has 0 saturated carbocycles. The maximum atomic E-state index is 13.5. The number of hydrogen-bond donors (Lipinski definition) is 2. The Kier molecular flexibility index (Phi) is 6.74. The number of nitrogens with zero attached hydrogens (tertiary/aromatic N) is 3. The second kappa shape index (κ2) is 9.07. The summed E-state index contributed by atoms with van der Waals surface area (Å²) in [4.78, 5) is 31.0. The van der Waals surface area contributed by atoms with Crippen LogP contribution in [-0.4, -0.2) is 84.5 Å². The molecule has 7 nitrogen and oxygen atoms in total. The van der Waals surface area contributed by atoms with Crippen LogP contribution in [0.1, 0.15) is 13.8 Å². The largest absolute Gasteiger partial charge is 0.338 e. The Morgan fingerprint density at radius 1 is 1.18 bits per heavy atom. The van der Waals surface area contributed by atoms with Crippen molar-refractivity contribution in [3.05, 3.63) is 29.0 Å². The molecule has 0 spiro atoms. The van der Waals surface area contributed by atoms with Crippen LogP contribution >= 0.6 is 11.6 Å². The van der Waals surface area contributed by atoms with Crippen LogP contribution < -0.4 is 10.6 Å². The number of piperazine rings is 2. The van der Waals surface area contributed by atoms with Gasteiger partial charge in [0.15, 0.2) is 0 Å². The summed E-state index contributed by atoms with van der Waals surface area (Å²) in [5.74, 6) is -0.490. The van der Waals surface area contributed by atoms with Crippen molar-refractivity contribution in [2.45, 2.75) is 25.9 Å². The van der Waals surface area contributed by atoms with Gasteiger partial charge in [0.05, 0.1) is 11.1 Å². The molecule has 154 valence electrons. The summed E-state index contributed by atoms with van der Waals surface area (Å²) >= 11 is 5.66. The second-order valence-corrected chi connectivity index (χ2v) is 7.87. The Hall–Kier alpha value is -1.90. The number of urea groups is 1. The molecule has 0 radical (unpaired) electrons. The van der Waals surface area contributed by atoms with Gasteiger partial charge in [-0.05, 0) is 32.0 Å². The van der Waals surface area contributed by atoms with E-state index in [0.29, 0.717) is 44.5 Å². The monoisotopic (exact) mass is 411 g/mol. The molecule has 2 N–H and O–H groups in total. The highest BCUT2D eigenvalue weighted by Gasteiger charge is 2.32. The van der Waals surface area contributed by atoms with Crippen LogP contribution in [0.15, 0.2) is 18.2 Å². The Labute approximate surface area is 169 Å². The number of nitrogens with one attached hydrogen (secondary N) is 2. The molecule has 1 atom stereocenters. The van der Waals surface area contributed by atoms with Crippen LogP contribution in [0.25, 0.3) is 0 Å². The number of halogens is 2. The minimum absolute atomic E-state index is 0.0116. The Bertz CT molecular complexity index is 724. The molecule has 2 heterocycles. The third-order valence-corrected chi connectivity index (χ3v) is 5.59. The van der Waals surface area contributed by atoms with Crippen molar-refractivity contribution in [3.8, 4) is 0 Å². The number of carbonyl (C=O) groups is 2. The quantitative estimate of drug-likeness (QED) is 0.796. The summed E-state index contributed by atoms with van der Waals surface area (Å²) in [6, 6.07) is 4.05. The van der Waals surface area contributed by atoms with E-state index in [9.17, 15) is 14.0 Å². The number of rotatable bonds is 3. The van der Waals surface area contributed by atoms with Gasteiger partial charge in [0.2, 0.25) is 5.91 Å². The van der Waals surface area contributed by atoms with E-state index in [-0.39, 0.29) is 23.0 Å². The van der Waals surface area contributed by atoms with E-state index in [4.69, 9.17) is 11.6 Å². The number of anilines is 1. The van der Waals surface area contributed by atoms with E-state index in [0.717, 1.165) is 13.1 Å². The van der Waals surface area contributed by atoms with Gasteiger partial charge in [0.1, 0.15) is 5.82 Å². The predicted molar refractivity (Wildman–Crippen MR) is 107 cm³/mol. The lowest BCUT2D eigenvalue weighted by atomic mass is 10.1. The number of amides is 3. The lowest BCUT2D eigenvalue weighted by molar-refractivity contribution is -0.136. The number of carbonyl (C=O) groups excluding carboxylic acids is 2. The van der Waals surface area contributed by atoms with Crippen LogP contribution in [-0.2, 0) is 4.79 Å².